The van der Waals surface area contributed by atoms with Crippen LogP contribution < -0.4 is 5.32 Å². The van der Waals surface area contributed by atoms with Gasteiger partial charge in [-0.1, -0.05) is 12.1 Å². The summed E-state index contributed by atoms with van der Waals surface area (Å²) in [5.74, 6) is 0.459. The molecule has 0 aliphatic rings. The van der Waals surface area contributed by atoms with Crippen LogP contribution in [0, 0.1) is 6.92 Å². The third-order valence-electron chi connectivity index (χ3n) is 2.83. The van der Waals surface area contributed by atoms with Crippen LogP contribution in [0.25, 0.3) is 0 Å². The van der Waals surface area contributed by atoms with Gasteiger partial charge in [-0.15, -0.1) is 0 Å². The second kappa shape index (κ2) is 6.09. The molecule has 0 saturated carbocycles. The zero-order valence-electron chi connectivity index (χ0n) is 11.2. The second-order valence-corrected chi connectivity index (χ2v) is 4.57. The predicted molar refractivity (Wildman–Crippen MR) is 71.7 cm³/mol. The highest BCUT2D eigenvalue weighted by Crippen LogP contribution is 2.30. The van der Waals surface area contributed by atoms with E-state index in [-0.39, 0.29) is 12.1 Å². The number of aliphatic hydroxyl groups excluding tert-OH is 1. The molecule has 1 aromatic carbocycles. The van der Waals surface area contributed by atoms with Crippen molar-refractivity contribution < 1.29 is 18.3 Å². The zero-order chi connectivity index (χ0) is 15.5. The van der Waals surface area contributed by atoms with E-state index in [1.807, 2.05) is 0 Å². The average Bonchev–Trinajstić information content (AvgIpc) is 2.44. The van der Waals surface area contributed by atoms with Gasteiger partial charge in [-0.05, 0) is 24.6 Å². The van der Waals surface area contributed by atoms with Crippen molar-refractivity contribution >= 4 is 5.82 Å². The summed E-state index contributed by atoms with van der Waals surface area (Å²) in [6.07, 6.45) is -2.44. The van der Waals surface area contributed by atoms with Crippen LogP contribution in [0.4, 0.5) is 19.0 Å². The number of rotatable bonds is 4. The Kier molecular flexibility index (Phi) is 4.42. The summed E-state index contributed by atoms with van der Waals surface area (Å²) < 4.78 is 37.8. The Morgan fingerprint density at radius 2 is 2.05 bits per heavy atom. The van der Waals surface area contributed by atoms with E-state index in [0.29, 0.717) is 11.5 Å². The van der Waals surface area contributed by atoms with Crippen LogP contribution in [0.2, 0.25) is 0 Å². The van der Waals surface area contributed by atoms with Gasteiger partial charge in [0.2, 0.25) is 0 Å². The summed E-state index contributed by atoms with van der Waals surface area (Å²) in [4.78, 5) is 8.06. The third-order valence-corrected chi connectivity index (χ3v) is 2.83. The monoisotopic (exact) mass is 297 g/mol. The molecule has 112 valence electrons. The molecule has 2 N–H and O–H groups in total. The first kappa shape index (κ1) is 15.2. The number of aromatic nitrogens is 2. The smallest absolute Gasteiger partial charge is 0.387 e. The number of halogens is 3. The fraction of sp³-hybridized carbons (Fsp3) is 0.286. The van der Waals surface area contributed by atoms with Crippen molar-refractivity contribution in [1.82, 2.24) is 9.97 Å². The number of nitrogens with zero attached hydrogens (tertiary/aromatic N) is 2. The largest absolute Gasteiger partial charge is 0.416 e. The van der Waals surface area contributed by atoms with Crippen LogP contribution >= 0.6 is 0 Å². The molecule has 4 nitrogen and oxygen atoms in total. The van der Waals surface area contributed by atoms with Crippen molar-refractivity contribution in [2.24, 2.45) is 0 Å². The number of nitrogens with one attached hydrogen (secondary N) is 1. The van der Waals surface area contributed by atoms with Crippen molar-refractivity contribution in [2.75, 3.05) is 11.9 Å². The number of hydrogen-bond acceptors (Lipinski definition) is 4. The van der Waals surface area contributed by atoms with Crippen LogP contribution in [0.1, 0.15) is 22.9 Å². The molecule has 0 aliphatic carbocycles. The Morgan fingerprint density at radius 3 is 2.71 bits per heavy atom. The van der Waals surface area contributed by atoms with Gasteiger partial charge in [0.15, 0.2) is 0 Å². The number of aliphatic hydroxyl groups is 1. The fourth-order valence-corrected chi connectivity index (χ4v) is 1.79. The van der Waals surface area contributed by atoms with Gasteiger partial charge in [0.25, 0.3) is 0 Å². The van der Waals surface area contributed by atoms with Gasteiger partial charge in [-0.3, -0.25) is 4.98 Å². The highest BCUT2D eigenvalue weighted by molar-refractivity contribution is 5.33. The van der Waals surface area contributed by atoms with Gasteiger partial charge in [0.1, 0.15) is 5.82 Å². The van der Waals surface area contributed by atoms with Crippen molar-refractivity contribution in [3.05, 3.63) is 53.5 Å². The SMILES string of the molecule is Cc1cncc(NCC(O)c2cccc(C(F)(F)F)c2)n1. The van der Waals surface area contributed by atoms with Crippen molar-refractivity contribution in [2.45, 2.75) is 19.2 Å². The van der Waals surface area contributed by atoms with Crippen LogP contribution in [0.15, 0.2) is 36.7 Å². The van der Waals surface area contributed by atoms with E-state index >= 15 is 0 Å². The second-order valence-electron chi connectivity index (χ2n) is 4.57. The molecule has 0 saturated heterocycles. The van der Waals surface area contributed by atoms with Crippen LogP contribution in [-0.2, 0) is 6.18 Å². The summed E-state index contributed by atoms with van der Waals surface area (Å²) in [7, 11) is 0. The van der Waals surface area contributed by atoms with E-state index in [2.05, 4.69) is 15.3 Å². The minimum absolute atomic E-state index is 0.0411. The van der Waals surface area contributed by atoms with Gasteiger partial charge in [-0.2, -0.15) is 13.2 Å². The highest BCUT2D eigenvalue weighted by atomic mass is 19.4. The maximum Gasteiger partial charge on any atom is 0.416 e. The lowest BCUT2D eigenvalue weighted by molar-refractivity contribution is -0.137. The minimum Gasteiger partial charge on any atom is -0.387 e. The van der Waals surface area contributed by atoms with Gasteiger partial charge < -0.3 is 10.4 Å². The van der Waals surface area contributed by atoms with Gasteiger partial charge >= 0.3 is 6.18 Å². The lowest BCUT2D eigenvalue weighted by Crippen LogP contribution is -2.14. The Hall–Kier alpha value is -2.15. The first-order chi connectivity index (χ1) is 9.86. The molecule has 0 fully saturated rings. The summed E-state index contributed by atoms with van der Waals surface area (Å²) in [6, 6.07) is 4.63. The normalized spacial score (nSPS) is 13.0. The lowest BCUT2D eigenvalue weighted by Gasteiger charge is -2.14. The first-order valence-corrected chi connectivity index (χ1v) is 6.24. The Labute approximate surface area is 119 Å². The van der Waals surface area contributed by atoms with Crippen LogP contribution in [-0.4, -0.2) is 21.6 Å². The molecule has 0 radical (unpaired) electrons. The molecule has 0 spiro atoms. The Balaban J connectivity index is 2.05. The van der Waals surface area contributed by atoms with E-state index in [4.69, 9.17) is 0 Å². The summed E-state index contributed by atoms with van der Waals surface area (Å²) in [6.45, 7) is 1.81. The molecule has 0 aliphatic heterocycles. The topological polar surface area (TPSA) is 58.0 Å². The molecule has 1 unspecified atom stereocenters. The number of alkyl halides is 3. The number of aryl methyl sites for hydroxylation is 1. The van der Waals surface area contributed by atoms with Gasteiger partial charge in [-0.25, -0.2) is 4.98 Å². The van der Waals surface area contributed by atoms with E-state index in [9.17, 15) is 18.3 Å². The average molecular weight is 297 g/mol. The molecule has 0 amide bonds. The third kappa shape index (κ3) is 4.16. The van der Waals surface area contributed by atoms with E-state index in [1.165, 1.54) is 18.3 Å². The Bertz CT molecular complexity index is 616. The fourth-order valence-electron chi connectivity index (χ4n) is 1.79. The number of hydrogen-bond donors (Lipinski definition) is 2. The first-order valence-electron chi connectivity index (χ1n) is 6.24. The lowest BCUT2D eigenvalue weighted by atomic mass is 10.1. The molecule has 1 heterocycles. The molecule has 1 aromatic heterocycles. The standard InChI is InChI=1S/C14H14F3N3O/c1-9-6-18-8-13(20-9)19-7-12(21)10-3-2-4-11(5-10)14(15,16)17/h2-6,8,12,21H,7H2,1H3,(H,19,20). The molecule has 2 aromatic rings. The molecular weight excluding hydrogens is 283 g/mol. The van der Waals surface area contributed by atoms with Crippen molar-refractivity contribution in [3.8, 4) is 0 Å². The number of anilines is 1. The molecular formula is C14H14F3N3O. The maximum atomic E-state index is 12.6. The van der Waals surface area contributed by atoms with Crippen LogP contribution in [0.5, 0.6) is 0 Å². The minimum atomic E-state index is -4.43. The van der Waals surface area contributed by atoms with Crippen LogP contribution in [0.3, 0.4) is 0 Å². The predicted octanol–water partition coefficient (Wildman–Crippen LogP) is 2.95. The maximum absolute atomic E-state index is 12.6. The molecule has 21 heavy (non-hydrogen) atoms. The molecule has 1 atom stereocenters. The van der Waals surface area contributed by atoms with E-state index in [0.717, 1.165) is 12.1 Å². The molecule has 0 bridgehead atoms. The van der Waals surface area contributed by atoms with E-state index < -0.39 is 17.8 Å². The van der Waals surface area contributed by atoms with Gasteiger partial charge in [0.05, 0.1) is 23.6 Å². The molecule has 7 heteroatoms. The molecule has 2 rings (SSSR count). The highest BCUT2D eigenvalue weighted by Gasteiger charge is 2.30. The Morgan fingerprint density at radius 1 is 1.29 bits per heavy atom. The zero-order valence-corrected chi connectivity index (χ0v) is 11.2. The number of benzene rings is 1. The van der Waals surface area contributed by atoms with Crippen molar-refractivity contribution in [3.63, 3.8) is 0 Å². The van der Waals surface area contributed by atoms with E-state index in [1.54, 1.807) is 13.1 Å². The summed E-state index contributed by atoms with van der Waals surface area (Å²) in [5, 5.41) is 12.8. The van der Waals surface area contributed by atoms with Crippen molar-refractivity contribution in [1.29, 1.82) is 0 Å². The van der Waals surface area contributed by atoms with Gasteiger partial charge in [0, 0.05) is 12.7 Å². The quantitative estimate of drug-likeness (QED) is 0.911. The summed E-state index contributed by atoms with van der Waals surface area (Å²) in [5.41, 5.74) is 0.112. The summed E-state index contributed by atoms with van der Waals surface area (Å²) >= 11 is 0.